The van der Waals surface area contributed by atoms with Crippen LogP contribution in [0.15, 0.2) is 30.3 Å². The zero-order chi connectivity index (χ0) is 15.5. The number of nitrogens with two attached hydrogens (primary N) is 1. The lowest BCUT2D eigenvalue weighted by molar-refractivity contribution is -0.133. The van der Waals surface area contributed by atoms with Gasteiger partial charge in [-0.15, -0.1) is 0 Å². The molecule has 1 heterocycles. The number of rotatable bonds is 4. The van der Waals surface area contributed by atoms with E-state index in [1.807, 2.05) is 30.3 Å². The third kappa shape index (κ3) is 4.52. The number of nitrogens with one attached hydrogen (secondary N) is 1. The van der Waals surface area contributed by atoms with E-state index in [1.165, 1.54) is 0 Å². The molecule has 1 unspecified atom stereocenters. The van der Waals surface area contributed by atoms with Crippen molar-refractivity contribution in [2.75, 3.05) is 19.3 Å². The Balaban J connectivity index is 1.91. The lowest BCUT2D eigenvalue weighted by Gasteiger charge is -2.33. The number of piperidine rings is 1. The smallest absolute Gasteiger partial charge is 0.244 e. The fourth-order valence-electron chi connectivity index (χ4n) is 2.52. The van der Waals surface area contributed by atoms with E-state index in [4.69, 9.17) is 5.73 Å². The van der Waals surface area contributed by atoms with Crippen LogP contribution in [0.1, 0.15) is 24.4 Å². The lowest BCUT2D eigenvalue weighted by atomic mass is 10.0. The summed E-state index contributed by atoms with van der Waals surface area (Å²) in [7, 11) is -3.20. The summed E-state index contributed by atoms with van der Waals surface area (Å²) < 4.78 is 25.0. The number of carbonyl (C=O) groups is 1. The third-order valence-electron chi connectivity index (χ3n) is 3.61. The van der Waals surface area contributed by atoms with Crippen molar-refractivity contribution in [3.63, 3.8) is 0 Å². The summed E-state index contributed by atoms with van der Waals surface area (Å²) in [5.74, 6) is -0.112. The van der Waals surface area contributed by atoms with Crippen LogP contribution < -0.4 is 10.5 Å². The van der Waals surface area contributed by atoms with Gasteiger partial charge in [0, 0.05) is 19.1 Å². The molecule has 0 aromatic heterocycles. The zero-order valence-electron chi connectivity index (χ0n) is 12.0. The van der Waals surface area contributed by atoms with Crippen LogP contribution in [-0.4, -0.2) is 44.6 Å². The molecule has 0 saturated carbocycles. The second kappa shape index (κ2) is 6.55. The van der Waals surface area contributed by atoms with Crippen LogP contribution in [0.5, 0.6) is 0 Å². The molecule has 3 N–H and O–H groups in total. The van der Waals surface area contributed by atoms with Gasteiger partial charge in [0.1, 0.15) is 6.04 Å². The van der Waals surface area contributed by atoms with E-state index in [9.17, 15) is 13.2 Å². The summed E-state index contributed by atoms with van der Waals surface area (Å²) in [6, 6.07) is 8.49. The van der Waals surface area contributed by atoms with Gasteiger partial charge < -0.3 is 10.6 Å². The summed E-state index contributed by atoms with van der Waals surface area (Å²) in [5, 5.41) is 0. The Bertz CT molecular complexity index is 581. The first-order valence-corrected chi connectivity index (χ1v) is 8.82. The van der Waals surface area contributed by atoms with E-state index in [0.29, 0.717) is 25.9 Å². The van der Waals surface area contributed by atoms with Gasteiger partial charge in [0.15, 0.2) is 0 Å². The fraction of sp³-hybridized carbons (Fsp3) is 0.500. The van der Waals surface area contributed by atoms with Crippen molar-refractivity contribution in [3.05, 3.63) is 35.9 Å². The highest BCUT2D eigenvalue weighted by molar-refractivity contribution is 7.88. The fourth-order valence-corrected chi connectivity index (χ4v) is 3.36. The molecule has 1 amide bonds. The average molecular weight is 311 g/mol. The van der Waals surface area contributed by atoms with E-state index in [2.05, 4.69) is 4.72 Å². The Morgan fingerprint density at radius 3 is 2.38 bits per heavy atom. The normalized spacial score (nSPS) is 18.5. The van der Waals surface area contributed by atoms with Crippen molar-refractivity contribution < 1.29 is 13.2 Å². The molecule has 1 atom stereocenters. The van der Waals surface area contributed by atoms with E-state index in [1.54, 1.807) is 4.90 Å². The highest BCUT2D eigenvalue weighted by Gasteiger charge is 2.27. The zero-order valence-corrected chi connectivity index (χ0v) is 12.8. The van der Waals surface area contributed by atoms with E-state index < -0.39 is 16.1 Å². The highest BCUT2D eigenvalue weighted by Crippen LogP contribution is 2.17. The van der Waals surface area contributed by atoms with E-state index >= 15 is 0 Å². The molecule has 2 rings (SSSR count). The van der Waals surface area contributed by atoms with Gasteiger partial charge in [-0.3, -0.25) is 4.79 Å². The quantitative estimate of drug-likeness (QED) is 0.832. The standard InChI is InChI=1S/C14H21N3O3S/c1-21(19,20)16-12-7-9-17(10-8-12)14(18)13(15)11-5-3-2-4-6-11/h2-6,12-13,16H,7-10,15H2,1H3. The van der Waals surface area contributed by atoms with Crippen LogP contribution in [0.2, 0.25) is 0 Å². The highest BCUT2D eigenvalue weighted by atomic mass is 32.2. The van der Waals surface area contributed by atoms with Gasteiger partial charge in [0.25, 0.3) is 0 Å². The average Bonchev–Trinajstić information content (AvgIpc) is 2.46. The molecule has 0 aliphatic carbocycles. The number of nitrogens with zero attached hydrogens (tertiary/aromatic N) is 1. The van der Waals surface area contributed by atoms with Gasteiger partial charge in [0.2, 0.25) is 15.9 Å². The Labute approximate surface area is 125 Å². The van der Waals surface area contributed by atoms with Gasteiger partial charge >= 0.3 is 0 Å². The number of hydrogen-bond donors (Lipinski definition) is 2. The first-order chi connectivity index (χ1) is 9.87. The SMILES string of the molecule is CS(=O)(=O)NC1CCN(C(=O)C(N)c2ccccc2)CC1. The van der Waals surface area contributed by atoms with Gasteiger partial charge in [0.05, 0.1) is 6.26 Å². The van der Waals surface area contributed by atoms with Crippen LogP contribution in [0.4, 0.5) is 0 Å². The number of sulfonamides is 1. The van der Waals surface area contributed by atoms with Crippen LogP contribution in [0.25, 0.3) is 0 Å². The predicted molar refractivity (Wildman–Crippen MR) is 81.0 cm³/mol. The van der Waals surface area contributed by atoms with Crippen LogP contribution >= 0.6 is 0 Å². The lowest BCUT2D eigenvalue weighted by Crippen LogP contribution is -2.48. The maximum atomic E-state index is 12.4. The Morgan fingerprint density at radius 1 is 1.29 bits per heavy atom. The molecule has 0 bridgehead atoms. The molecular weight excluding hydrogens is 290 g/mol. The van der Waals surface area contributed by atoms with Crippen LogP contribution in [-0.2, 0) is 14.8 Å². The first kappa shape index (κ1) is 15.9. The predicted octanol–water partition coefficient (Wildman–Crippen LogP) is 0.227. The minimum Gasteiger partial charge on any atom is -0.341 e. The van der Waals surface area contributed by atoms with Crippen molar-refractivity contribution >= 4 is 15.9 Å². The molecule has 1 aromatic carbocycles. The largest absolute Gasteiger partial charge is 0.341 e. The summed E-state index contributed by atoms with van der Waals surface area (Å²) in [6.45, 7) is 1.04. The molecule has 1 aliphatic rings. The van der Waals surface area contributed by atoms with Crippen molar-refractivity contribution in [1.29, 1.82) is 0 Å². The third-order valence-corrected chi connectivity index (χ3v) is 4.37. The molecule has 7 heteroatoms. The van der Waals surface area contributed by atoms with Crippen LogP contribution in [0, 0.1) is 0 Å². The van der Waals surface area contributed by atoms with Crippen LogP contribution in [0.3, 0.4) is 0 Å². The Kier molecular flexibility index (Phi) is 4.97. The number of carbonyl (C=O) groups excluding carboxylic acids is 1. The van der Waals surface area contributed by atoms with Crippen molar-refractivity contribution in [2.45, 2.75) is 24.9 Å². The molecule has 116 valence electrons. The molecular formula is C14H21N3O3S. The monoisotopic (exact) mass is 311 g/mol. The second-order valence-electron chi connectivity index (χ2n) is 5.38. The number of benzene rings is 1. The number of likely N-dealkylation sites (tertiary alicyclic amines) is 1. The second-order valence-corrected chi connectivity index (χ2v) is 7.16. The number of hydrogen-bond acceptors (Lipinski definition) is 4. The van der Waals surface area contributed by atoms with Gasteiger partial charge in [-0.05, 0) is 18.4 Å². The molecule has 1 aliphatic heterocycles. The van der Waals surface area contributed by atoms with Gasteiger partial charge in [-0.2, -0.15) is 0 Å². The van der Waals surface area contributed by atoms with Gasteiger partial charge in [-0.1, -0.05) is 30.3 Å². The molecule has 21 heavy (non-hydrogen) atoms. The summed E-state index contributed by atoms with van der Waals surface area (Å²) >= 11 is 0. The minimum absolute atomic E-state index is 0.100. The van der Waals surface area contributed by atoms with E-state index in [0.717, 1.165) is 11.8 Å². The maximum absolute atomic E-state index is 12.4. The van der Waals surface area contributed by atoms with E-state index in [-0.39, 0.29) is 11.9 Å². The topological polar surface area (TPSA) is 92.5 Å². The molecule has 1 aromatic rings. The Morgan fingerprint density at radius 2 is 1.86 bits per heavy atom. The summed E-state index contributed by atoms with van der Waals surface area (Å²) in [4.78, 5) is 14.1. The molecule has 1 saturated heterocycles. The first-order valence-electron chi connectivity index (χ1n) is 6.93. The molecule has 0 spiro atoms. The van der Waals surface area contributed by atoms with Crippen molar-refractivity contribution in [3.8, 4) is 0 Å². The van der Waals surface area contributed by atoms with Crippen molar-refractivity contribution in [1.82, 2.24) is 9.62 Å². The minimum atomic E-state index is -3.20. The van der Waals surface area contributed by atoms with Crippen molar-refractivity contribution in [2.24, 2.45) is 5.73 Å². The molecule has 0 radical (unpaired) electrons. The van der Waals surface area contributed by atoms with Gasteiger partial charge in [-0.25, -0.2) is 13.1 Å². The number of amides is 1. The maximum Gasteiger partial charge on any atom is 0.244 e. The molecule has 1 fully saturated rings. The Hall–Kier alpha value is -1.44. The molecule has 6 nitrogen and oxygen atoms in total. The summed E-state index contributed by atoms with van der Waals surface area (Å²) in [5.41, 5.74) is 6.79. The summed E-state index contributed by atoms with van der Waals surface area (Å²) in [6.07, 6.45) is 2.37.